The number of nitrogens with zero attached hydrogens (tertiary/aromatic N) is 3. The molecule has 13 heteroatoms. The van der Waals surface area contributed by atoms with Crippen molar-refractivity contribution in [3.63, 3.8) is 0 Å². The minimum atomic E-state index is -4.05. The smallest absolute Gasteiger partial charge is 0.271 e. The van der Waals surface area contributed by atoms with Crippen LogP contribution in [0, 0.1) is 17.0 Å². The summed E-state index contributed by atoms with van der Waals surface area (Å²) < 4.78 is 26.6. The van der Waals surface area contributed by atoms with Gasteiger partial charge in [0.1, 0.15) is 12.6 Å². The van der Waals surface area contributed by atoms with E-state index in [4.69, 9.17) is 23.2 Å². The molecule has 2 amide bonds. The van der Waals surface area contributed by atoms with Crippen molar-refractivity contribution in [2.45, 2.75) is 71.0 Å². The second kappa shape index (κ2) is 13.6. The fourth-order valence-electron chi connectivity index (χ4n) is 4.87. The van der Waals surface area contributed by atoms with Crippen molar-refractivity contribution in [1.82, 2.24) is 10.2 Å². The molecule has 1 N–H and O–H groups in total. The number of aryl methyl sites for hydroxylation is 1. The van der Waals surface area contributed by atoms with E-state index in [9.17, 15) is 28.1 Å². The van der Waals surface area contributed by atoms with Crippen molar-refractivity contribution < 1.29 is 22.9 Å². The van der Waals surface area contributed by atoms with E-state index in [2.05, 4.69) is 5.32 Å². The Morgan fingerprint density at radius 1 is 1.10 bits per heavy atom. The summed E-state index contributed by atoms with van der Waals surface area (Å²) in [4.78, 5) is 39.5. The number of carbonyl (C=O) groups excluding carboxylic acids is 2. The molecule has 0 saturated heterocycles. The quantitative estimate of drug-likeness (QED) is 0.273. The number of carbonyl (C=O) groups is 2. The van der Waals surface area contributed by atoms with Gasteiger partial charge in [-0.25, -0.2) is 8.42 Å². The number of sulfonamides is 1. The largest absolute Gasteiger partial charge is 0.352 e. The third kappa shape index (κ3) is 8.08. The van der Waals surface area contributed by atoms with Gasteiger partial charge in [-0.15, -0.1) is 0 Å². The van der Waals surface area contributed by atoms with E-state index in [0.29, 0.717) is 16.1 Å². The normalized spacial score (nSPS) is 14.8. The van der Waals surface area contributed by atoms with E-state index in [-0.39, 0.29) is 41.3 Å². The lowest BCUT2D eigenvalue weighted by Crippen LogP contribution is -2.54. The first-order chi connectivity index (χ1) is 18.8. The third-order valence-electron chi connectivity index (χ3n) is 7.03. The van der Waals surface area contributed by atoms with E-state index in [1.165, 1.54) is 17.0 Å². The molecule has 1 aliphatic rings. The lowest BCUT2D eigenvalue weighted by atomic mass is 9.95. The molecule has 1 aliphatic carbocycles. The average molecular weight is 614 g/mol. The molecule has 1 saturated carbocycles. The molecule has 2 aromatic carbocycles. The highest BCUT2D eigenvalue weighted by Gasteiger charge is 2.33. The molecule has 1 atom stereocenters. The Labute approximate surface area is 244 Å². The monoisotopic (exact) mass is 612 g/mol. The number of nitro groups is 1. The number of rotatable bonds is 11. The Kier molecular flexibility index (Phi) is 10.8. The maximum absolute atomic E-state index is 13.9. The van der Waals surface area contributed by atoms with Crippen molar-refractivity contribution in [3.8, 4) is 0 Å². The van der Waals surface area contributed by atoms with Crippen molar-refractivity contribution in [2.24, 2.45) is 0 Å². The number of amides is 2. The number of non-ortho nitro benzene ring substituents is 1. The highest BCUT2D eigenvalue weighted by molar-refractivity contribution is 7.92. The molecule has 0 radical (unpaired) electrons. The van der Waals surface area contributed by atoms with E-state index in [1.807, 2.05) is 0 Å². The molecule has 10 nitrogen and oxygen atoms in total. The zero-order valence-electron chi connectivity index (χ0n) is 22.7. The van der Waals surface area contributed by atoms with Crippen molar-refractivity contribution in [1.29, 1.82) is 0 Å². The Hall–Kier alpha value is -2.89. The molecule has 218 valence electrons. The number of halogens is 2. The molecule has 2 aromatic rings. The lowest BCUT2D eigenvalue weighted by Gasteiger charge is -2.34. The molecular weight excluding hydrogens is 579 g/mol. The standard InChI is InChI=1S/C27H34Cl2N4O6S/c1-4-24(27(35)30-20-8-6-5-7-9-20)31(16-19-11-13-22(28)23(29)14-19)26(34)17-32(40(3,38)39)25-15-21(33(36)37)12-10-18(25)2/h10-15,20,24H,4-9,16-17H2,1-3H3,(H,30,35)/t24-/m0/s1. The molecular formula is C27H34Cl2N4O6S. The summed E-state index contributed by atoms with van der Waals surface area (Å²) in [5.41, 5.74) is 0.734. The fraction of sp³-hybridized carbons (Fsp3) is 0.481. The van der Waals surface area contributed by atoms with Crippen LogP contribution in [0.5, 0.6) is 0 Å². The Balaban J connectivity index is 1.99. The molecule has 0 unspecified atom stereocenters. The molecule has 0 bridgehead atoms. The number of benzene rings is 2. The van der Waals surface area contributed by atoms with Gasteiger partial charge in [-0.2, -0.15) is 0 Å². The van der Waals surface area contributed by atoms with Gasteiger partial charge in [-0.3, -0.25) is 24.0 Å². The maximum Gasteiger partial charge on any atom is 0.271 e. The summed E-state index contributed by atoms with van der Waals surface area (Å²) in [6, 6.07) is 7.79. The van der Waals surface area contributed by atoms with Crippen molar-refractivity contribution >= 4 is 56.4 Å². The second-order valence-corrected chi connectivity index (χ2v) is 12.8. The molecule has 3 rings (SSSR count). The van der Waals surface area contributed by atoms with Gasteiger partial charge in [0.15, 0.2) is 0 Å². The summed E-state index contributed by atoms with van der Waals surface area (Å²) in [7, 11) is -4.05. The van der Waals surface area contributed by atoms with E-state index in [1.54, 1.807) is 32.0 Å². The number of anilines is 1. The number of hydrogen-bond donors (Lipinski definition) is 1. The SMILES string of the molecule is CC[C@@H](C(=O)NC1CCCCC1)N(Cc1ccc(Cl)c(Cl)c1)C(=O)CN(c1cc([N+](=O)[O-])ccc1C)S(C)(=O)=O. The van der Waals surface area contributed by atoms with Crippen LogP contribution in [0.15, 0.2) is 36.4 Å². The Morgan fingerprint density at radius 2 is 1.77 bits per heavy atom. The van der Waals surface area contributed by atoms with Gasteiger partial charge in [0.25, 0.3) is 5.69 Å². The van der Waals surface area contributed by atoms with Gasteiger partial charge in [-0.1, -0.05) is 61.5 Å². The number of nitrogens with one attached hydrogen (secondary N) is 1. The average Bonchev–Trinajstić information content (AvgIpc) is 2.89. The van der Waals surface area contributed by atoms with Crippen LogP contribution >= 0.6 is 23.2 Å². The van der Waals surface area contributed by atoms with Crippen molar-refractivity contribution in [3.05, 3.63) is 67.7 Å². The van der Waals surface area contributed by atoms with Gasteiger partial charge in [0, 0.05) is 24.7 Å². The van der Waals surface area contributed by atoms with Crippen LogP contribution in [0.2, 0.25) is 10.0 Å². The first-order valence-electron chi connectivity index (χ1n) is 13.1. The highest BCUT2D eigenvalue weighted by Crippen LogP contribution is 2.29. The predicted molar refractivity (Wildman–Crippen MR) is 156 cm³/mol. The predicted octanol–water partition coefficient (Wildman–Crippen LogP) is 5.23. The third-order valence-corrected chi connectivity index (χ3v) is 8.89. The van der Waals surface area contributed by atoms with Crippen LogP contribution in [0.25, 0.3) is 0 Å². The minimum Gasteiger partial charge on any atom is -0.352 e. The summed E-state index contributed by atoms with van der Waals surface area (Å²) in [6.07, 6.45) is 6.06. The molecule has 0 heterocycles. The van der Waals surface area contributed by atoms with Gasteiger partial charge in [0.2, 0.25) is 21.8 Å². The van der Waals surface area contributed by atoms with Gasteiger partial charge < -0.3 is 10.2 Å². The molecule has 0 aliphatic heterocycles. The Morgan fingerprint density at radius 3 is 2.35 bits per heavy atom. The van der Waals surface area contributed by atoms with E-state index < -0.39 is 33.4 Å². The highest BCUT2D eigenvalue weighted by atomic mass is 35.5. The summed E-state index contributed by atoms with van der Waals surface area (Å²) in [5.74, 6) is -0.965. The summed E-state index contributed by atoms with van der Waals surface area (Å²) in [6.45, 7) is 2.69. The molecule has 1 fully saturated rings. The van der Waals surface area contributed by atoms with Gasteiger partial charge in [0.05, 0.1) is 26.9 Å². The molecule has 0 spiro atoms. The van der Waals surface area contributed by atoms with Crippen LogP contribution in [0.3, 0.4) is 0 Å². The lowest BCUT2D eigenvalue weighted by molar-refractivity contribution is -0.384. The van der Waals surface area contributed by atoms with Crippen LogP contribution in [0.4, 0.5) is 11.4 Å². The zero-order chi connectivity index (χ0) is 29.6. The minimum absolute atomic E-state index is 0.0114. The summed E-state index contributed by atoms with van der Waals surface area (Å²) in [5, 5.41) is 15.1. The Bertz CT molecular complexity index is 1360. The second-order valence-electron chi connectivity index (χ2n) is 10.0. The fourth-order valence-corrected chi connectivity index (χ4v) is 6.09. The topological polar surface area (TPSA) is 130 Å². The van der Waals surface area contributed by atoms with E-state index >= 15 is 0 Å². The van der Waals surface area contributed by atoms with Crippen LogP contribution in [-0.2, 0) is 26.2 Å². The zero-order valence-corrected chi connectivity index (χ0v) is 25.1. The van der Waals surface area contributed by atoms with Crippen molar-refractivity contribution in [2.75, 3.05) is 17.1 Å². The molecule has 40 heavy (non-hydrogen) atoms. The van der Waals surface area contributed by atoms with Crippen LogP contribution in [0.1, 0.15) is 56.6 Å². The first kappa shape index (κ1) is 31.6. The van der Waals surface area contributed by atoms with Gasteiger partial charge in [-0.05, 0) is 49.4 Å². The number of hydrogen-bond acceptors (Lipinski definition) is 6. The van der Waals surface area contributed by atoms with Crippen LogP contribution < -0.4 is 9.62 Å². The van der Waals surface area contributed by atoms with Crippen LogP contribution in [-0.4, -0.2) is 54.9 Å². The molecule has 0 aromatic heterocycles. The van der Waals surface area contributed by atoms with Gasteiger partial charge >= 0.3 is 0 Å². The summed E-state index contributed by atoms with van der Waals surface area (Å²) >= 11 is 12.3. The van der Waals surface area contributed by atoms with E-state index in [0.717, 1.165) is 48.7 Å². The first-order valence-corrected chi connectivity index (χ1v) is 15.7. The number of nitro benzene ring substituents is 1. The maximum atomic E-state index is 13.9.